The Balaban J connectivity index is 1.53. The highest BCUT2D eigenvalue weighted by Gasteiger charge is 2.33. The predicted molar refractivity (Wildman–Crippen MR) is 112 cm³/mol. The van der Waals surface area contributed by atoms with Gasteiger partial charge in [0.25, 0.3) is 0 Å². The van der Waals surface area contributed by atoms with Gasteiger partial charge < -0.3 is 10.2 Å². The third kappa shape index (κ3) is 4.16. The van der Waals surface area contributed by atoms with Crippen molar-refractivity contribution < 1.29 is 14.0 Å². The molecule has 0 saturated carbocycles. The lowest BCUT2D eigenvalue weighted by molar-refractivity contribution is -0.143. The van der Waals surface area contributed by atoms with E-state index < -0.39 is 17.6 Å². The molecule has 0 radical (unpaired) electrons. The minimum Gasteiger partial charge on any atom is -0.327 e. The van der Waals surface area contributed by atoms with Crippen LogP contribution in [0.2, 0.25) is 0 Å². The quantitative estimate of drug-likeness (QED) is 0.655. The van der Waals surface area contributed by atoms with Crippen molar-refractivity contribution in [2.75, 3.05) is 11.9 Å². The maximum Gasteiger partial charge on any atom is 0.313 e. The fraction of sp³-hybridized carbons (Fsp3) is 0.318. The Kier molecular flexibility index (Phi) is 5.50. The number of benzene rings is 2. The SMILES string of the molecule is Cc1cc(C)cc(C2CCCN2C(=O)C(=O)Nc2ccc(F)c(-n3nnnc3C)c2)c1. The summed E-state index contributed by atoms with van der Waals surface area (Å²) in [4.78, 5) is 27.3. The number of amides is 2. The highest BCUT2D eigenvalue weighted by Crippen LogP contribution is 2.33. The van der Waals surface area contributed by atoms with Crippen LogP contribution in [0.5, 0.6) is 0 Å². The number of nitrogens with zero attached hydrogens (tertiary/aromatic N) is 5. The van der Waals surface area contributed by atoms with Gasteiger partial charge in [0, 0.05) is 12.2 Å². The number of hydrogen-bond donors (Lipinski definition) is 1. The minimum absolute atomic E-state index is 0.0852. The van der Waals surface area contributed by atoms with E-state index in [-0.39, 0.29) is 17.4 Å². The summed E-state index contributed by atoms with van der Waals surface area (Å²) in [6, 6.07) is 10.1. The van der Waals surface area contributed by atoms with Gasteiger partial charge in [0.05, 0.1) is 6.04 Å². The molecule has 3 aromatic rings. The van der Waals surface area contributed by atoms with Gasteiger partial charge in [0.1, 0.15) is 11.5 Å². The molecule has 31 heavy (non-hydrogen) atoms. The molecule has 1 atom stereocenters. The maximum absolute atomic E-state index is 14.3. The van der Waals surface area contributed by atoms with Crippen molar-refractivity contribution >= 4 is 17.5 Å². The zero-order valence-electron chi connectivity index (χ0n) is 17.6. The van der Waals surface area contributed by atoms with Gasteiger partial charge in [-0.15, -0.1) is 5.10 Å². The Bertz CT molecular complexity index is 1140. The van der Waals surface area contributed by atoms with E-state index in [1.165, 1.54) is 22.9 Å². The number of rotatable bonds is 3. The van der Waals surface area contributed by atoms with E-state index in [1.54, 1.807) is 11.8 Å². The van der Waals surface area contributed by atoms with Gasteiger partial charge in [-0.05, 0) is 67.8 Å². The van der Waals surface area contributed by atoms with Crippen LogP contribution < -0.4 is 5.32 Å². The first-order valence-electron chi connectivity index (χ1n) is 10.1. The first-order chi connectivity index (χ1) is 14.8. The lowest BCUT2D eigenvalue weighted by Gasteiger charge is -2.25. The third-order valence-corrected chi connectivity index (χ3v) is 5.39. The molecule has 4 rings (SSSR count). The number of halogens is 1. The molecular formula is C22H23FN6O2. The second-order valence-electron chi connectivity index (χ2n) is 7.84. The summed E-state index contributed by atoms with van der Waals surface area (Å²) in [5, 5.41) is 13.6. The second-order valence-corrected chi connectivity index (χ2v) is 7.84. The van der Waals surface area contributed by atoms with Crippen LogP contribution in [0, 0.1) is 26.6 Å². The molecule has 1 N–H and O–H groups in total. The van der Waals surface area contributed by atoms with Gasteiger partial charge in [-0.3, -0.25) is 9.59 Å². The molecule has 160 valence electrons. The van der Waals surface area contributed by atoms with Crippen molar-refractivity contribution in [2.24, 2.45) is 0 Å². The smallest absolute Gasteiger partial charge is 0.313 e. The number of aryl methyl sites for hydroxylation is 3. The van der Waals surface area contributed by atoms with Crippen molar-refractivity contribution in [1.29, 1.82) is 0 Å². The summed E-state index contributed by atoms with van der Waals surface area (Å²) in [6.07, 6.45) is 1.64. The van der Waals surface area contributed by atoms with Crippen LogP contribution in [-0.2, 0) is 9.59 Å². The molecule has 0 bridgehead atoms. The van der Waals surface area contributed by atoms with Crippen LogP contribution in [0.3, 0.4) is 0 Å². The molecule has 1 aliphatic heterocycles. The zero-order chi connectivity index (χ0) is 22.1. The van der Waals surface area contributed by atoms with Gasteiger partial charge in [-0.25, -0.2) is 4.39 Å². The average Bonchev–Trinajstić information content (AvgIpc) is 3.37. The molecule has 0 aliphatic carbocycles. The van der Waals surface area contributed by atoms with Crippen LogP contribution in [0.4, 0.5) is 10.1 Å². The number of hydrogen-bond acceptors (Lipinski definition) is 5. The lowest BCUT2D eigenvalue weighted by atomic mass is 9.99. The number of carbonyl (C=O) groups excluding carboxylic acids is 2. The largest absolute Gasteiger partial charge is 0.327 e. The standard InChI is InChI=1S/C22H23FN6O2/c1-13-9-14(2)11-16(10-13)19-5-4-8-28(19)22(31)21(30)24-17-6-7-18(23)20(12-17)29-15(3)25-26-27-29/h6-7,9-12,19H,4-5,8H2,1-3H3,(H,24,30). The van der Waals surface area contributed by atoms with Gasteiger partial charge in [0.15, 0.2) is 5.82 Å². The van der Waals surface area contributed by atoms with Crippen LogP contribution in [0.15, 0.2) is 36.4 Å². The van der Waals surface area contributed by atoms with Crippen LogP contribution in [0.25, 0.3) is 5.69 Å². The number of aromatic nitrogens is 4. The zero-order valence-corrected chi connectivity index (χ0v) is 17.6. The minimum atomic E-state index is -0.762. The Hall–Kier alpha value is -3.62. The molecule has 0 spiro atoms. The summed E-state index contributed by atoms with van der Waals surface area (Å²) in [7, 11) is 0. The predicted octanol–water partition coefficient (Wildman–Crippen LogP) is 3.03. The summed E-state index contributed by atoms with van der Waals surface area (Å²) < 4.78 is 15.5. The van der Waals surface area contributed by atoms with E-state index >= 15 is 0 Å². The van der Waals surface area contributed by atoms with Crippen molar-refractivity contribution in [2.45, 2.75) is 39.7 Å². The van der Waals surface area contributed by atoms with Crippen molar-refractivity contribution in [3.05, 3.63) is 64.7 Å². The molecule has 2 aromatic carbocycles. The topological polar surface area (TPSA) is 93.0 Å². The fourth-order valence-corrected chi connectivity index (χ4v) is 4.08. The average molecular weight is 422 g/mol. The Labute approximate surface area is 179 Å². The number of nitrogens with one attached hydrogen (secondary N) is 1. The molecule has 2 amide bonds. The molecular weight excluding hydrogens is 399 g/mol. The number of likely N-dealkylation sites (tertiary alicyclic amines) is 1. The molecule has 1 saturated heterocycles. The monoisotopic (exact) mass is 422 g/mol. The number of carbonyl (C=O) groups is 2. The third-order valence-electron chi connectivity index (χ3n) is 5.39. The van der Waals surface area contributed by atoms with E-state index in [0.29, 0.717) is 12.4 Å². The molecule has 1 fully saturated rings. The van der Waals surface area contributed by atoms with Crippen molar-refractivity contribution in [3.63, 3.8) is 0 Å². The highest BCUT2D eigenvalue weighted by atomic mass is 19.1. The van der Waals surface area contributed by atoms with Gasteiger partial charge in [-0.2, -0.15) is 4.68 Å². The summed E-state index contributed by atoms with van der Waals surface area (Å²) in [5.74, 6) is -1.52. The van der Waals surface area contributed by atoms with Crippen LogP contribution in [0.1, 0.15) is 41.4 Å². The van der Waals surface area contributed by atoms with Crippen molar-refractivity contribution in [1.82, 2.24) is 25.1 Å². The Morgan fingerprint density at radius 3 is 2.52 bits per heavy atom. The normalized spacial score (nSPS) is 15.9. The highest BCUT2D eigenvalue weighted by molar-refractivity contribution is 6.39. The number of anilines is 1. The van der Waals surface area contributed by atoms with Crippen molar-refractivity contribution in [3.8, 4) is 5.69 Å². The molecule has 1 unspecified atom stereocenters. The molecule has 2 heterocycles. The van der Waals surface area contributed by atoms with Gasteiger partial charge in [0.2, 0.25) is 0 Å². The molecule has 9 heteroatoms. The number of tetrazole rings is 1. The first-order valence-corrected chi connectivity index (χ1v) is 10.1. The van der Waals surface area contributed by atoms with Gasteiger partial charge >= 0.3 is 11.8 Å². The second kappa shape index (κ2) is 8.25. The van der Waals surface area contributed by atoms with E-state index in [0.717, 1.165) is 29.5 Å². The van der Waals surface area contributed by atoms with Crippen LogP contribution >= 0.6 is 0 Å². The first kappa shape index (κ1) is 20.6. The van der Waals surface area contributed by atoms with E-state index in [4.69, 9.17) is 0 Å². The summed E-state index contributed by atoms with van der Waals surface area (Å²) in [5.41, 5.74) is 3.65. The fourth-order valence-electron chi connectivity index (χ4n) is 4.08. The molecule has 1 aromatic heterocycles. The lowest BCUT2D eigenvalue weighted by Crippen LogP contribution is -2.39. The molecule has 1 aliphatic rings. The maximum atomic E-state index is 14.3. The molecule has 8 nitrogen and oxygen atoms in total. The van der Waals surface area contributed by atoms with E-state index in [9.17, 15) is 14.0 Å². The Morgan fingerprint density at radius 2 is 1.84 bits per heavy atom. The summed E-state index contributed by atoms with van der Waals surface area (Å²) in [6.45, 7) is 6.18. The van der Waals surface area contributed by atoms with E-state index in [2.05, 4.69) is 39.0 Å². The van der Waals surface area contributed by atoms with Crippen LogP contribution in [-0.4, -0.2) is 43.5 Å². The Morgan fingerprint density at radius 1 is 1.10 bits per heavy atom. The summed E-state index contributed by atoms with van der Waals surface area (Å²) >= 11 is 0. The van der Waals surface area contributed by atoms with Gasteiger partial charge in [-0.1, -0.05) is 29.3 Å². The van der Waals surface area contributed by atoms with E-state index in [1.807, 2.05) is 13.8 Å².